The van der Waals surface area contributed by atoms with E-state index in [-0.39, 0.29) is 0 Å². The standard InChI is InChI=1S/C10H21N/c1-5-7-8-10(3)9-11(4)6-2/h6,10H,2,5,7-9H2,1,3-4H3. The third kappa shape index (κ3) is 5.96. The normalized spacial score (nSPS) is 12.6. The lowest BCUT2D eigenvalue weighted by molar-refractivity contribution is 0.352. The second-order valence-electron chi connectivity index (χ2n) is 3.37. The van der Waals surface area contributed by atoms with Crippen molar-refractivity contribution in [1.82, 2.24) is 4.90 Å². The van der Waals surface area contributed by atoms with Crippen molar-refractivity contribution in [3.05, 3.63) is 12.8 Å². The van der Waals surface area contributed by atoms with Crippen molar-refractivity contribution in [2.45, 2.75) is 33.1 Å². The summed E-state index contributed by atoms with van der Waals surface area (Å²) in [4.78, 5) is 2.15. The van der Waals surface area contributed by atoms with Crippen molar-refractivity contribution in [3.8, 4) is 0 Å². The average Bonchev–Trinajstić information content (AvgIpc) is 2.00. The molecule has 1 nitrogen and oxygen atoms in total. The van der Waals surface area contributed by atoms with Gasteiger partial charge in [-0.15, -0.1) is 0 Å². The Morgan fingerprint density at radius 1 is 1.55 bits per heavy atom. The number of hydrogen-bond acceptors (Lipinski definition) is 1. The predicted molar refractivity (Wildman–Crippen MR) is 51.5 cm³/mol. The highest BCUT2D eigenvalue weighted by Gasteiger charge is 2.01. The summed E-state index contributed by atoms with van der Waals surface area (Å²) in [6.07, 6.45) is 5.89. The molecule has 0 heterocycles. The SMILES string of the molecule is C=CN(C)CC(C)CCCC. The maximum absolute atomic E-state index is 3.72. The summed E-state index contributed by atoms with van der Waals surface area (Å²) in [6, 6.07) is 0. The zero-order valence-corrected chi connectivity index (χ0v) is 8.14. The highest BCUT2D eigenvalue weighted by Crippen LogP contribution is 2.08. The van der Waals surface area contributed by atoms with Gasteiger partial charge in [-0.3, -0.25) is 0 Å². The lowest BCUT2D eigenvalue weighted by Gasteiger charge is -2.18. The van der Waals surface area contributed by atoms with Gasteiger partial charge in [-0.05, 0) is 18.5 Å². The summed E-state index contributed by atoms with van der Waals surface area (Å²) in [6.45, 7) is 9.40. The maximum Gasteiger partial charge on any atom is 0.0194 e. The molecule has 0 bridgehead atoms. The number of nitrogens with zero attached hydrogens (tertiary/aromatic N) is 1. The van der Waals surface area contributed by atoms with Crippen molar-refractivity contribution < 1.29 is 0 Å². The Morgan fingerprint density at radius 3 is 2.64 bits per heavy atom. The molecule has 0 aliphatic heterocycles. The largest absolute Gasteiger partial charge is 0.381 e. The molecule has 1 atom stereocenters. The highest BCUT2D eigenvalue weighted by atomic mass is 15.1. The van der Waals surface area contributed by atoms with E-state index in [1.54, 1.807) is 0 Å². The molecule has 11 heavy (non-hydrogen) atoms. The first-order valence-electron chi connectivity index (χ1n) is 4.53. The van der Waals surface area contributed by atoms with Gasteiger partial charge >= 0.3 is 0 Å². The summed E-state index contributed by atoms with van der Waals surface area (Å²) in [7, 11) is 2.08. The molecule has 0 saturated heterocycles. The molecule has 1 heteroatoms. The number of unbranched alkanes of at least 4 members (excludes halogenated alkanes) is 1. The average molecular weight is 155 g/mol. The van der Waals surface area contributed by atoms with Gasteiger partial charge < -0.3 is 4.90 Å². The van der Waals surface area contributed by atoms with E-state index in [1.807, 2.05) is 6.20 Å². The zero-order valence-electron chi connectivity index (χ0n) is 8.14. The summed E-state index contributed by atoms with van der Waals surface area (Å²) >= 11 is 0. The summed E-state index contributed by atoms with van der Waals surface area (Å²) < 4.78 is 0. The van der Waals surface area contributed by atoms with Gasteiger partial charge in [0.05, 0.1) is 0 Å². The number of rotatable bonds is 6. The first-order chi connectivity index (χ1) is 5.20. The molecular weight excluding hydrogens is 134 g/mol. The first kappa shape index (κ1) is 10.5. The fourth-order valence-electron chi connectivity index (χ4n) is 1.21. The van der Waals surface area contributed by atoms with Crippen LogP contribution in [0.3, 0.4) is 0 Å². The van der Waals surface area contributed by atoms with E-state index >= 15 is 0 Å². The lowest BCUT2D eigenvalue weighted by atomic mass is 10.0. The number of hydrogen-bond donors (Lipinski definition) is 0. The lowest BCUT2D eigenvalue weighted by Crippen LogP contribution is -2.18. The van der Waals surface area contributed by atoms with Crippen LogP contribution in [0.2, 0.25) is 0 Å². The van der Waals surface area contributed by atoms with E-state index in [9.17, 15) is 0 Å². The Morgan fingerprint density at radius 2 is 2.18 bits per heavy atom. The fourth-order valence-corrected chi connectivity index (χ4v) is 1.21. The highest BCUT2D eigenvalue weighted by molar-refractivity contribution is 4.68. The Kier molecular flexibility index (Phi) is 6.00. The second-order valence-corrected chi connectivity index (χ2v) is 3.37. The Bertz CT molecular complexity index is 99.0. The monoisotopic (exact) mass is 155 g/mol. The third-order valence-corrected chi connectivity index (χ3v) is 1.96. The van der Waals surface area contributed by atoms with Crippen LogP contribution >= 0.6 is 0 Å². The minimum Gasteiger partial charge on any atom is -0.381 e. The minimum absolute atomic E-state index is 0.804. The molecule has 0 aromatic heterocycles. The molecule has 0 spiro atoms. The maximum atomic E-state index is 3.72. The molecule has 0 aliphatic rings. The third-order valence-electron chi connectivity index (χ3n) is 1.96. The second kappa shape index (κ2) is 6.26. The van der Waals surface area contributed by atoms with Gasteiger partial charge in [0.25, 0.3) is 0 Å². The van der Waals surface area contributed by atoms with Crippen LogP contribution in [0.25, 0.3) is 0 Å². The smallest absolute Gasteiger partial charge is 0.0194 e. The Hall–Kier alpha value is -0.460. The van der Waals surface area contributed by atoms with Gasteiger partial charge in [0.1, 0.15) is 0 Å². The molecule has 0 aliphatic carbocycles. The van der Waals surface area contributed by atoms with Crippen LogP contribution in [0.5, 0.6) is 0 Å². The van der Waals surface area contributed by atoms with E-state index < -0.39 is 0 Å². The molecular formula is C10H21N. The topological polar surface area (TPSA) is 3.24 Å². The van der Waals surface area contributed by atoms with Crippen LogP contribution in [0.4, 0.5) is 0 Å². The summed E-state index contributed by atoms with van der Waals surface area (Å²) in [5.74, 6) is 0.804. The molecule has 1 unspecified atom stereocenters. The van der Waals surface area contributed by atoms with Crippen LogP contribution in [0.15, 0.2) is 12.8 Å². The molecule has 0 aromatic rings. The minimum atomic E-state index is 0.804. The molecule has 0 rings (SSSR count). The molecule has 66 valence electrons. The van der Waals surface area contributed by atoms with Gasteiger partial charge in [0, 0.05) is 13.6 Å². The Labute approximate surface area is 71.1 Å². The summed E-state index contributed by atoms with van der Waals surface area (Å²) in [5, 5.41) is 0. The molecule has 0 aromatic carbocycles. The van der Waals surface area contributed by atoms with E-state index in [0.717, 1.165) is 12.5 Å². The molecule has 0 fully saturated rings. The van der Waals surface area contributed by atoms with Crippen molar-refractivity contribution in [2.24, 2.45) is 5.92 Å². The first-order valence-corrected chi connectivity index (χ1v) is 4.53. The van der Waals surface area contributed by atoms with E-state index in [0.29, 0.717) is 0 Å². The van der Waals surface area contributed by atoms with Crippen LogP contribution in [-0.4, -0.2) is 18.5 Å². The molecule has 0 amide bonds. The van der Waals surface area contributed by atoms with E-state index in [4.69, 9.17) is 0 Å². The van der Waals surface area contributed by atoms with Gasteiger partial charge in [0.15, 0.2) is 0 Å². The molecule has 0 N–H and O–H groups in total. The molecule has 0 saturated carbocycles. The van der Waals surface area contributed by atoms with Crippen molar-refractivity contribution >= 4 is 0 Å². The van der Waals surface area contributed by atoms with Crippen LogP contribution in [0.1, 0.15) is 33.1 Å². The zero-order chi connectivity index (χ0) is 8.69. The predicted octanol–water partition coefficient (Wildman–Crippen LogP) is 2.89. The van der Waals surface area contributed by atoms with Gasteiger partial charge in [0.2, 0.25) is 0 Å². The Balaban J connectivity index is 3.34. The van der Waals surface area contributed by atoms with Crippen LogP contribution in [0, 0.1) is 5.92 Å². The van der Waals surface area contributed by atoms with Crippen molar-refractivity contribution in [3.63, 3.8) is 0 Å². The quantitative estimate of drug-likeness (QED) is 0.570. The van der Waals surface area contributed by atoms with E-state index in [2.05, 4.69) is 32.4 Å². The fraction of sp³-hybridized carbons (Fsp3) is 0.800. The summed E-state index contributed by atoms with van der Waals surface area (Å²) in [5.41, 5.74) is 0. The van der Waals surface area contributed by atoms with Gasteiger partial charge in [-0.25, -0.2) is 0 Å². The van der Waals surface area contributed by atoms with Crippen molar-refractivity contribution in [2.75, 3.05) is 13.6 Å². The van der Waals surface area contributed by atoms with Crippen molar-refractivity contribution in [1.29, 1.82) is 0 Å². The van der Waals surface area contributed by atoms with Gasteiger partial charge in [-0.1, -0.05) is 33.3 Å². The van der Waals surface area contributed by atoms with Crippen LogP contribution < -0.4 is 0 Å². The van der Waals surface area contributed by atoms with Gasteiger partial charge in [-0.2, -0.15) is 0 Å². The van der Waals surface area contributed by atoms with E-state index in [1.165, 1.54) is 19.3 Å². The molecule has 0 radical (unpaired) electrons. The van der Waals surface area contributed by atoms with Crippen LogP contribution in [-0.2, 0) is 0 Å².